The molecule has 3 rings (SSSR count). The molecular formula is C15H28N2O. The highest BCUT2D eigenvalue weighted by atomic mass is 16.5. The molecule has 0 bridgehead atoms. The summed E-state index contributed by atoms with van der Waals surface area (Å²) in [6.45, 7) is 4.90. The third-order valence-electron chi connectivity index (χ3n) is 5.18. The summed E-state index contributed by atoms with van der Waals surface area (Å²) in [6.07, 6.45) is 9.94. The lowest BCUT2D eigenvalue weighted by Crippen LogP contribution is -2.34. The molecule has 2 saturated heterocycles. The molecule has 1 aliphatic carbocycles. The molecule has 18 heavy (non-hydrogen) atoms. The van der Waals surface area contributed by atoms with Crippen molar-refractivity contribution in [1.82, 2.24) is 10.2 Å². The molecule has 3 aliphatic rings. The lowest BCUT2D eigenvalue weighted by molar-refractivity contribution is -0.0455. The fourth-order valence-electron chi connectivity index (χ4n) is 4.23. The van der Waals surface area contributed by atoms with E-state index >= 15 is 0 Å². The fraction of sp³-hybridized carbons (Fsp3) is 1.00. The van der Waals surface area contributed by atoms with E-state index in [0.717, 1.165) is 5.92 Å². The minimum absolute atomic E-state index is 0.314. The molecule has 3 fully saturated rings. The Morgan fingerprint density at radius 1 is 1.22 bits per heavy atom. The summed E-state index contributed by atoms with van der Waals surface area (Å²) in [7, 11) is 2.06. The van der Waals surface area contributed by atoms with Crippen molar-refractivity contribution in [2.45, 2.75) is 56.7 Å². The molecule has 3 heteroatoms. The first-order chi connectivity index (χ1) is 8.80. The maximum absolute atomic E-state index is 6.41. The van der Waals surface area contributed by atoms with Crippen LogP contribution in [0.1, 0.15) is 44.9 Å². The number of hydrogen-bond donors (Lipinski definition) is 1. The second kappa shape index (κ2) is 5.48. The van der Waals surface area contributed by atoms with Gasteiger partial charge < -0.3 is 15.0 Å². The van der Waals surface area contributed by atoms with Gasteiger partial charge in [0.1, 0.15) is 0 Å². The number of ether oxygens (including phenoxy) is 1. The van der Waals surface area contributed by atoms with Gasteiger partial charge in [-0.05, 0) is 58.2 Å². The molecule has 1 N–H and O–H groups in total. The third-order valence-corrected chi connectivity index (χ3v) is 5.18. The third kappa shape index (κ3) is 2.73. The van der Waals surface area contributed by atoms with Crippen LogP contribution in [0.4, 0.5) is 0 Å². The maximum atomic E-state index is 6.41. The van der Waals surface area contributed by atoms with Gasteiger partial charge in [0, 0.05) is 13.1 Å². The SMILES string of the molecule is CNCC1CCN(CC2CCC3(CCCC3)O2)C1. The molecule has 0 amide bonds. The Labute approximate surface area is 111 Å². The van der Waals surface area contributed by atoms with Gasteiger partial charge >= 0.3 is 0 Å². The zero-order valence-corrected chi connectivity index (χ0v) is 11.8. The number of likely N-dealkylation sites (tertiary alicyclic amines) is 1. The van der Waals surface area contributed by atoms with Crippen LogP contribution in [-0.4, -0.2) is 49.8 Å². The summed E-state index contributed by atoms with van der Waals surface area (Å²) < 4.78 is 6.41. The van der Waals surface area contributed by atoms with E-state index in [-0.39, 0.29) is 0 Å². The Morgan fingerprint density at radius 3 is 2.83 bits per heavy atom. The predicted molar refractivity (Wildman–Crippen MR) is 73.8 cm³/mol. The smallest absolute Gasteiger partial charge is 0.0710 e. The monoisotopic (exact) mass is 252 g/mol. The van der Waals surface area contributed by atoms with Crippen molar-refractivity contribution in [2.75, 3.05) is 33.2 Å². The molecule has 2 atom stereocenters. The average Bonchev–Trinajstić information content (AvgIpc) is 3.06. The molecule has 2 heterocycles. The van der Waals surface area contributed by atoms with Gasteiger partial charge in [-0.2, -0.15) is 0 Å². The van der Waals surface area contributed by atoms with Crippen molar-refractivity contribution in [2.24, 2.45) is 5.92 Å². The minimum Gasteiger partial charge on any atom is -0.370 e. The Bertz CT molecular complexity index is 276. The van der Waals surface area contributed by atoms with E-state index in [2.05, 4.69) is 17.3 Å². The zero-order chi connectivity index (χ0) is 12.4. The first-order valence-electron chi connectivity index (χ1n) is 7.84. The quantitative estimate of drug-likeness (QED) is 0.828. The normalized spacial score (nSPS) is 35.8. The van der Waals surface area contributed by atoms with E-state index in [9.17, 15) is 0 Å². The second-order valence-electron chi connectivity index (χ2n) is 6.64. The average molecular weight is 252 g/mol. The van der Waals surface area contributed by atoms with Crippen LogP contribution in [0.15, 0.2) is 0 Å². The molecule has 3 nitrogen and oxygen atoms in total. The van der Waals surface area contributed by atoms with E-state index in [0.29, 0.717) is 11.7 Å². The van der Waals surface area contributed by atoms with Crippen molar-refractivity contribution in [1.29, 1.82) is 0 Å². The highest BCUT2D eigenvalue weighted by molar-refractivity contribution is 4.94. The van der Waals surface area contributed by atoms with Crippen LogP contribution in [0, 0.1) is 5.92 Å². The summed E-state index contributed by atoms with van der Waals surface area (Å²) in [4.78, 5) is 2.63. The van der Waals surface area contributed by atoms with Crippen LogP contribution in [0.5, 0.6) is 0 Å². The summed E-state index contributed by atoms with van der Waals surface area (Å²) in [5, 5.41) is 3.31. The number of hydrogen-bond acceptors (Lipinski definition) is 3. The first kappa shape index (κ1) is 12.9. The van der Waals surface area contributed by atoms with Gasteiger partial charge in [-0.3, -0.25) is 0 Å². The molecule has 0 aromatic heterocycles. The van der Waals surface area contributed by atoms with Crippen LogP contribution in [-0.2, 0) is 4.74 Å². The Morgan fingerprint density at radius 2 is 2.06 bits per heavy atom. The van der Waals surface area contributed by atoms with Crippen molar-refractivity contribution in [3.8, 4) is 0 Å². The Hall–Kier alpha value is -0.120. The van der Waals surface area contributed by atoms with Gasteiger partial charge in [0.05, 0.1) is 11.7 Å². The van der Waals surface area contributed by atoms with Crippen LogP contribution >= 0.6 is 0 Å². The van der Waals surface area contributed by atoms with Crippen molar-refractivity contribution >= 4 is 0 Å². The lowest BCUT2D eigenvalue weighted by atomic mass is 9.98. The molecule has 0 aromatic rings. The zero-order valence-electron chi connectivity index (χ0n) is 11.8. The standard InChI is InChI=1S/C15H28N2O/c1-16-10-13-5-9-17(11-13)12-14-4-8-15(18-14)6-2-3-7-15/h13-14,16H,2-12H2,1H3. The molecule has 1 saturated carbocycles. The van der Waals surface area contributed by atoms with Gasteiger partial charge in [-0.25, -0.2) is 0 Å². The first-order valence-corrected chi connectivity index (χ1v) is 7.84. The maximum Gasteiger partial charge on any atom is 0.0710 e. The lowest BCUT2D eigenvalue weighted by Gasteiger charge is -2.26. The van der Waals surface area contributed by atoms with Gasteiger partial charge in [0.15, 0.2) is 0 Å². The molecule has 2 unspecified atom stereocenters. The van der Waals surface area contributed by atoms with Gasteiger partial charge in [0.25, 0.3) is 0 Å². The highest BCUT2D eigenvalue weighted by Crippen LogP contribution is 2.43. The van der Waals surface area contributed by atoms with Gasteiger partial charge in [-0.1, -0.05) is 12.8 Å². The van der Waals surface area contributed by atoms with E-state index in [1.165, 1.54) is 71.1 Å². The molecule has 1 spiro atoms. The van der Waals surface area contributed by atoms with Crippen molar-refractivity contribution < 1.29 is 4.74 Å². The van der Waals surface area contributed by atoms with E-state index in [1.807, 2.05) is 0 Å². The van der Waals surface area contributed by atoms with Crippen LogP contribution < -0.4 is 5.32 Å². The van der Waals surface area contributed by atoms with Crippen LogP contribution in [0.3, 0.4) is 0 Å². The van der Waals surface area contributed by atoms with Crippen molar-refractivity contribution in [3.63, 3.8) is 0 Å². The van der Waals surface area contributed by atoms with E-state index in [4.69, 9.17) is 4.74 Å². The summed E-state index contributed by atoms with van der Waals surface area (Å²) in [5.74, 6) is 0.858. The topological polar surface area (TPSA) is 24.5 Å². The second-order valence-corrected chi connectivity index (χ2v) is 6.64. The van der Waals surface area contributed by atoms with Gasteiger partial charge in [0.2, 0.25) is 0 Å². The Kier molecular flexibility index (Phi) is 3.92. The minimum atomic E-state index is 0.314. The largest absolute Gasteiger partial charge is 0.370 e. The summed E-state index contributed by atoms with van der Waals surface area (Å²) >= 11 is 0. The number of nitrogens with one attached hydrogen (secondary N) is 1. The van der Waals surface area contributed by atoms with Crippen LogP contribution in [0.2, 0.25) is 0 Å². The highest BCUT2D eigenvalue weighted by Gasteiger charge is 2.42. The molecular weight excluding hydrogens is 224 g/mol. The summed E-state index contributed by atoms with van der Waals surface area (Å²) in [6, 6.07) is 0. The van der Waals surface area contributed by atoms with Crippen molar-refractivity contribution in [3.05, 3.63) is 0 Å². The molecule has 0 aromatic carbocycles. The predicted octanol–water partition coefficient (Wildman–Crippen LogP) is 2.02. The van der Waals surface area contributed by atoms with E-state index < -0.39 is 0 Å². The molecule has 104 valence electrons. The Balaban J connectivity index is 1.44. The number of rotatable bonds is 4. The summed E-state index contributed by atoms with van der Waals surface area (Å²) in [5.41, 5.74) is 0.314. The van der Waals surface area contributed by atoms with Crippen LogP contribution in [0.25, 0.3) is 0 Å². The van der Waals surface area contributed by atoms with E-state index in [1.54, 1.807) is 0 Å². The molecule has 0 radical (unpaired) electrons. The molecule has 2 aliphatic heterocycles. The van der Waals surface area contributed by atoms with Gasteiger partial charge in [-0.15, -0.1) is 0 Å². The fourth-order valence-corrected chi connectivity index (χ4v) is 4.23. The number of nitrogens with zero attached hydrogens (tertiary/aromatic N) is 1.